The van der Waals surface area contributed by atoms with Crippen LogP contribution in [0.1, 0.15) is 12.5 Å². The first kappa shape index (κ1) is 15.9. The lowest BCUT2D eigenvalue weighted by Crippen LogP contribution is -2.15. The largest absolute Gasteiger partial charge is 0.450 e. The van der Waals surface area contributed by atoms with Crippen molar-refractivity contribution in [1.29, 1.82) is 0 Å². The highest BCUT2D eigenvalue weighted by Gasteiger charge is 2.10. The Morgan fingerprint density at radius 1 is 1.40 bits per heavy atom. The van der Waals surface area contributed by atoms with Crippen molar-refractivity contribution in [2.24, 2.45) is 0 Å². The average molecular weight is 302 g/mol. The number of ether oxygens (including phenoxy) is 1. The van der Waals surface area contributed by atoms with Crippen LogP contribution in [0.25, 0.3) is 0 Å². The fourth-order valence-electron chi connectivity index (χ4n) is 1.22. The smallest absolute Gasteiger partial charge is 0.411 e. The van der Waals surface area contributed by atoms with Crippen molar-refractivity contribution in [3.05, 3.63) is 23.8 Å². The maximum absolute atomic E-state index is 11.3. The number of rotatable bonds is 6. The lowest BCUT2D eigenvalue weighted by molar-refractivity contribution is 0.168. The number of carbonyl (C=O) groups is 2. The molecule has 0 aliphatic heterocycles. The highest BCUT2D eigenvalue weighted by atomic mass is 32.2. The number of anilines is 2. The zero-order chi connectivity index (χ0) is 15.2. The minimum absolute atomic E-state index is 0.226. The molecule has 1 aromatic carbocycles. The third-order valence-electron chi connectivity index (χ3n) is 2.14. The average Bonchev–Trinajstić information content (AvgIpc) is 2.40. The Bertz CT molecular complexity index is 599. The predicted octanol–water partition coefficient (Wildman–Crippen LogP) is 1.43. The van der Waals surface area contributed by atoms with Crippen LogP contribution in [0.4, 0.5) is 16.2 Å². The highest BCUT2D eigenvalue weighted by molar-refractivity contribution is 8.00. The molecule has 0 aromatic heterocycles. The van der Waals surface area contributed by atoms with Gasteiger partial charge in [-0.2, -0.15) is 8.42 Å². The van der Waals surface area contributed by atoms with Gasteiger partial charge >= 0.3 is 16.2 Å². The Morgan fingerprint density at radius 3 is 2.70 bits per heavy atom. The molecular weight excluding hydrogens is 288 g/mol. The second kappa shape index (κ2) is 6.87. The number of hydrogen-bond donors (Lipinski definition) is 2. The zero-order valence-electron chi connectivity index (χ0n) is 10.9. The summed E-state index contributed by atoms with van der Waals surface area (Å²) in [5, 5.41) is 2.49. The van der Waals surface area contributed by atoms with Crippen LogP contribution < -0.4 is 10.8 Å². The van der Waals surface area contributed by atoms with E-state index in [2.05, 4.69) is 15.1 Å². The van der Waals surface area contributed by atoms with Crippen LogP contribution in [0, 0.1) is 6.92 Å². The minimum Gasteiger partial charge on any atom is -0.450 e. The molecule has 2 N–H and O–H groups in total. The van der Waals surface area contributed by atoms with Gasteiger partial charge in [0, 0.05) is 5.69 Å². The molecule has 8 nitrogen and oxygen atoms in total. The molecule has 110 valence electrons. The number of aryl methyl sites for hydroxylation is 1. The van der Waals surface area contributed by atoms with Crippen LogP contribution in [0.15, 0.2) is 18.2 Å². The Balaban J connectivity index is 2.80. The molecule has 0 atom stereocenters. The van der Waals surface area contributed by atoms with Crippen molar-refractivity contribution in [3.63, 3.8) is 0 Å². The van der Waals surface area contributed by atoms with Gasteiger partial charge in [0.1, 0.15) is 0 Å². The van der Waals surface area contributed by atoms with Crippen LogP contribution in [0.3, 0.4) is 0 Å². The molecule has 0 aliphatic carbocycles. The van der Waals surface area contributed by atoms with E-state index >= 15 is 0 Å². The van der Waals surface area contributed by atoms with Crippen LogP contribution in [0.5, 0.6) is 0 Å². The van der Waals surface area contributed by atoms with Crippen LogP contribution in [0.2, 0.25) is 0 Å². The molecule has 1 amide bonds. The summed E-state index contributed by atoms with van der Waals surface area (Å²) in [5.41, 5.74) is 3.17. The van der Waals surface area contributed by atoms with E-state index in [1.54, 1.807) is 19.9 Å². The van der Waals surface area contributed by atoms with Crippen molar-refractivity contribution in [2.45, 2.75) is 13.8 Å². The molecule has 0 radical (unpaired) electrons. The van der Waals surface area contributed by atoms with Crippen LogP contribution in [-0.2, 0) is 23.9 Å². The standard InChI is InChI=1S/C11H14N2O6S/c1-3-18-11(15)12-10-6-9(5-4-8(10)2)13-19-20(16,17)7-14/h4-7,13H,3H2,1-2H3,(H,12,15). The van der Waals surface area contributed by atoms with Gasteiger partial charge in [-0.1, -0.05) is 6.07 Å². The number of nitrogens with one attached hydrogen (secondary N) is 2. The maximum Gasteiger partial charge on any atom is 0.411 e. The first-order valence-electron chi connectivity index (χ1n) is 5.57. The van der Waals surface area contributed by atoms with Gasteiger partial charge in [-0.25, -0.2) is 10.3 Å². The lowest BCUT2D eigenvalue weighted by atomic mass is 10.2. The topological polar surface area (TPSA) is 111 Å². The normalized spacial score (nSPS) is 10.7. The van der Waals surface area contributed by atoms with Gasteiger partial charge < -0.3 is 4.74 Å². The summed E-state index contributed by atoms with van der Waals surface area (Å²) in [4.78, 5) is 21.5. The second-order valence-electron chi connectivity index (χ2n) is 3.65. The summed E-state index contributed by atoms with van der Waals surface area (Å²) in [7, 11) is -4.28. The van der Waals surface area contributed by atoms with Crippen molar-refractivity contribution in [2.75, 3.05) is 17.4 Å². The molecule has 0 unspecified atom stereocenters. The third kappa shape index (κ3) is 4.86. The number of amides is 1. The molecule has 0 bridgehead atoms. The predicted molar refractivity (Wildman–Crippen MR) is 72.2 cm³/mol. The summed E-state index contributed by atoms with van der Waals surface area (Å²) in [5.74, 6) is 0. The fraction of sp³-hybridized carbons (Fsp3) is 0.273. The van der Waals surface area contributed by atoms with Crippen LogP contribution >= 0.6 is 0 Å². The summed E-state index contributed by atoms with van der Waals surface area (Å²) in [6, 6.07) is 4.58. The minimum atomic E-state index is -4.28. The molecule has 0 heterocycles. The quantitative estimate of drug-likeness (QED) is 0.604. The molecule has 0 fully saturated rings. The Labute approximate surface area is 116 Å². The van der Waals surface area contributed by atoms with Gasteiger partial charge in [0.2, 0.25) is 0 Å². The first-order chi connectivity index (χ1) is 9.38. The third-order valence-corrected chi connectivity index (χ3v) is 2.69. The fourth-order valence-corrected chi connectivity index (χ4v) is 1.47. The van der Waals surface area contributed by atoms with Gasteiger partial charge in [-0.3, -0.25) is 10.1 Å². The van der Waals surface area contributed by atoms with E-state index in [0.29, 0.717) is 5.69 Å². The molecule has 1 aromatic rings. The molecular formula is C11H14N2O6S. The van der Waals surface area contributed by atoms with Gasteiger partial charge in [0.15, 0.2) is 0 Å². The van der Waals surface area contributed by atoms with E-state index < -0.39 is 16.2 Å². The van der Waals surface area contributed by atoms with Crippen molar-refractivity contribution < 1.29 is 27.0 Å². The Morgan fingerprint density at radius 2 is 2.10 bits per heavy atom. The van der Waals surface area contributed by atoms with Gasteiger partial charge in [0.25, 0.3) is 5.62 Å². The Kier molecular flexibility index (Phi) is 5.47. The van der Waals surface area contributed by atoms with Crippen molar-refractivity contribution in [1.82, 2.24) is 0 Å². The number of carbonyl (C=O) groups excluding carboxylic acids is 2. The van der Waals surface area contributed by atoms with Crippen molar-refractivity contribution in [3.8, 4) is 0 Å². The Hall–Kier alpha value is -2.13. The summed E-state index contributed by atoms with van der Waals surface area (Å²) < 4.78 is 30.6. The number of benzene rings is 1. The molecule has 9 heteroatoms. The SMILES string of the molecule is CCOC(=O)Nc1cc(NOS(=O)(=O)C=O)ccc1C. The molecule has 1 rings (SSSR count). The van der Waals surface area contributed by atoms with Gasteiger partial charge in [0.05, 0.1) is 12.3 Å². The molecule has 0 saturated carbocycles. The number of hydrogen-bond acceptors (Lipinski definition) is 7. The van der Waals surface area contributed by atoms with E-state index in [1.165, 1.54) is 12.1 Å². The van der Waals surface area contributed by atoms with Gasteiger partial charge in [-0.05, 0) is 31.5 Å². The molecule has 20 heavy (non-hydrogen) atoms. The van der Waals surface area contributed by atoms with E-state index in [0.717, 1.165) is 5.56 Å². The highest BCUT2D eigenvalue weighted by Crippen LogP contribution is 2.20. The van der Waals surface area contributed by atoms with E-state index in [1.807, 2.05) is 0 Å². The molecule has 0 spiro atoms. The van der Waals surface area contributed by atoms with E-state index in [-0.39, 0.29) is 17.9 Å². The summed E-state index contributed by atoms with van der Waals surface area (Å²) >= 11 is 0. The lowest BCUT2D eigenvalue weighted by Gasteiger charge is -2.11. The maximum atomic E-state index is 11.3. The van der Waals surface area contributed by atoms with E-state index in [9.17, 15) is 18.0 Å². The summed E-state index contributed by atoms with van der Waals surface area (Å²) in [6.45, 7) is 3.64. The molecule has 0 saturated heterocycles. The van der Waals surface area contributed by atoms with Crippen LogP contribution in [-0.4, -0.2) is 26.7 Å². The summed E-state index contributed by atoms with van der Waals surface area (Å²) in [6.07, 6.45) is -0.630. The van der Waals surface area contributed by atoms with Crippen molar-refractivity contribution >= 4 is 33.2 Å². The molecule has 0 aliphatic rings. The monoisotopic (exact) mass is 302 g/mol. The van der Waals surface area contributed by atoms with E-state index in [4.69, 9.17) is 4.74 Å². The second-order valence-corrected chi connectivity index (χ2v) is 4.99. The van der Waals surface area contributed by atoms with Gasteiger partial charge in [-0.15, -0.1) is 4.28 Å². The zero-order valence-corrected chi connectivity index (χ0v) is 11.7. The first-order valence-corrected chi connectivity index (χ1v) is 7.04.